The lowest BCUT2D eigenvalue weighted by atomic mass is 10.1. The Bertz CT molecular complexity index is 1180. The van der Waals surface area contributed by atoms with Gasteiger partial charge in [-0.05, 0) is 30.7 Å². The van der Waals surface area contributed by atoms with E-state index in [9.17, 15) is 9.59 Å². The molecule has 0 aliphatic heterocycles. The van der Waals surface area contributed by atoms with Gasteiger partial charge in [0.05, 0.1) is 17.1 Å². The van der Waals surface area contributed by atoms with E-state index >= 15 is 0 Å². The van der Waals surface area contributed by atoms with E-state index < -0.39 is 0 Å². The molecule has 28 heavy (non-hydrogen) atoms. The number of amides is 1. The van der Waals surface area contributed by atoms with Crippen molar-refractivity contribution in [3.63, 3.8) is 0 Å². The van der Waals surface area contributed by atoms with Crippen LogP contribution < -0.4 is 10.9 Å². The first-order chi connectivity index (χ1) is 13.6. The number of nitrogens with zero attached hydrogens (tertiary/aromatic N) is 2. The number of para-hydroxylation sites is 1. The standard InChI is InChI=1S/C23H19N3O2/c1-16(17-10-4-2-5-11-17)24-22(27)21-19-14-8-9-15-20(19)23(28)26(25-21)18-12-6-3-7-13-18/h2-16H,1H3,(H,24,27)/t16-/m0/s1. The van der Waals surface area contributed by atoms with Crippen LogP contribution >= 0.6 is 0 Å². The van der Waals surface area contributed by atoms with Crippen LogP contribution in [0.3, 0.4) is 0 Å². The summed E-state index contributed by atoms with van der Waals surface area (Å²) in [6, 6.07) is 25.7. The first kappa shape index (κ1) is 17.7. The number of fused-ring (bicyclic) bond motifs is 1. The van der Waals surface area contributed by atoms with E-state index in [0.29, 0.717) is 16.5 Å². The highest BCUT2D eigenvalue weighted by atomic mass is 16.2. The van der Waals surface area contributed by atoms with Crippen molar-refractivity contribution in [3.8, 4) is 5.69 Å². The van der Waals surface area contributed by atoms with Crippen molar-refractivity contribution in [1.82, 2.24) is 15.1 Å². The van der Waals surface area contributed by atoms with E-state index in [0.717, 1.165) is 5.56 Å². The Balaban J connectivity index is 1.81. The van der Waals surface area contributed by atoms with Gasteiger partial charge in [-0.15, -0.1) is 0 Å². The van der Waals surface area contributed by atoms with E-state index in [1.54, 1.807) is 36.4 Å². The van der Waals surface area contributed by atoms with Crippen molar-refractivity contribution >= 4 is 16.7 Å². The molecular formula is C23H19N3O2. The number of aromatic nitrogens is 2. The topological polar surface area (TPSA) is 64.0 Å². The summed E-state index contributed by atoms with van der Waals surface area (Å²) in [7, 11) is 0. The summed E-state index contributed by atoms with van der Waals surface area (Å²) in [5.41, 5.74) is 1.58. The molecule has 0 aliphatic rings. The fraction of sp³-hybridized carbons (Fsp3) is 0.0870. The molecule has 1 N–H and O–H groups in total. The van der Waals surface area contributed by atoms with Gasteiger partial charge in [0.1, 0.15) is 0 Å². The summed E-state index contributed by atoms with van der Waals surface area (Å²) in [5.74, 6) is -0.322. The van der Waals surface area contributed by atoms with Crippen molar-refractivity contribution in [3.05, 3.63) is 107 Å². The Hall–Kier alpha value is -3.73. The average Bonchev–Trinajstić information content (AvgIpc) is 2.75. The largest absolute Gasteiger partial charge is 0.344 e. The normalized spacial score (nSPS) is 11.9. The van der Waals surface area contributed by atoms with Crippen LogP contribution in [0.1, 0.15) is 29.0 Å². The summed E-state index contributed by atoms with van der Waals surface area (Å²) in [6.45, 7) is 1.92. The lowest BCUT2D eigenvalue weighted by Gasteiger charge is -2.16. The summed E-state index contributed by atoms with van der Waals surface area (Å²) >= 11 is 0. The molecule has 0 aliphatic carbocycles. The summed E-state index contributed by atoms with van der Waals surface area (Å²) in [4.78, 5) is 26.0. The predicted octanol–water partition coefficient (Wildman–Crippen LogP) is 3.88. The van der Waals surface area contributed by atoms with Crippen LogP contribution in [-0.2, 0) is 0 Å². The molecule has 0 spiro atoms. The average molecular weight is 369 g/mol. The first-order valence-corrected chi connectivity index (χ1v) is 9.08. The third-order valence-electron chi connectivity index (χ3n) is 4.67. The maximum atomic E-state index is 13.0. The zero-order valence-electron chi connectivity index (χ0n) is 15.4. The van der Waals surface area contributed by atoms with Crippen LogP contribution in [0, 0.1) is 0 Å². The second-order valence-electron chi connectivity index (χ2n) is 6.55. The zero-order valence-corrected chi connectivity index (χ0v) is 15.4. The minimum absolute atomic E-state index is 0.189. The van der Waals surface area contributed by atoms with Gasteiger partial charge in [-0.3, -0.25) is 9.59 Å². The highest BCUT2D eigenvalue weighted by Gasteiger charge is 2.19. The molecular weight excluding hydrogens is 350 g/mol. The highest BCUT2D eigenvalue weighted by Crippen LogP contribution is 2.17. The van der Waals surface area contributed by atoms with Crippen molar-refractivity contribution in [2.24, 2.45) is 0 Å². The Morgan fingerprint density at radius 2 is 1.43 bits per heavy atom. The molecule has 0 saturated heterocycles. The number of hydrogen-bond acceptors (Lipinski definition) is 3. The molecule has 0 fully saturated rings. The number of hydrogen-bond donors (Lipinski definition) is 1. The van der Waals surface area contributed by atoms with Crippen molar-refractivity contribution in [1.29, 1.82) is 0 Å². The molecule has 4 aromatic rings. The number of nitrogens with one attached hydrogen (secondary N) is 1. The summed E-state index contributed by atoms with van der Waals surface area (Å²) in [5, 5.41) is 8.39. The maximum absolute atomic E-state index is 13.0. The van der Waals surface area contributed by atoms with Gasteiger partial charge in [-0.25, -0.2) is 0 Å². The SMILES string of the molecule is C[C@H](NC(=O)c1nn(-c2ccccc2)c(=O)c2ccccc12)c1ccccc1. The van der Waals surface area contributed by atoms with E-state index in [1.807, 2.05) is 55.5 Å². The van der Waals surface area contributed by atoms with Gasteiger partial charge in [0.15, 0.2) is 5.69 Å². The Morgan fingerprint density at radius 3 is 2.11 bits per heavy atom. The van der Waals surface area contributed by atoms with Crippen LogP contribution in [0.2, 0.25) is 0 Å². The molecule has 5 nitrogen and oxygen atoms in total. The molecule has 5 heteroatoms. The molecule has 4 rings (SSSR count). The van der Waals surface area contributed by atoms with Crippen molar-refractivity contribution < 1.29 is 4.79 Å². The molecule has 0 saturated carbocycles. The molecule has 1 heterocycles. The van der Waals surface area contributed by atoms with Crippen LogP contribution in [0.15, 0.2) is 89.7 Å². The molecule has 0 bridgehead atoms. The van der Waals surface area contributed by atoms with Gasteiger partial charge in [0, 0.05) is 5.39 Å². The molecule has 3 aromatic carbocycles. The number of carbonyl (C=O) groups excluding carboxylic acids is 1. The molecule has 1 aromatic heterocycles. The molecule has 1 amide bonds. The summed E-state index contributed by atoms with van der Waals surface area (Å²) < 4.78 is 1.28. The Labute approximate surface area is 162 Å². The van der Waals surface area contributed by atoms with Gasteiger partial charge in [0.2, 0.25) is 0 Å². The van der Waals surface area contributed by atoms with Crippen LogP contribution in [0.4, 0.5) is 0 Å². The maximum Gasteiger partial charge on any atom is 0.279 e. The van der Waals surface area contributed by atoms with Gasteiger partial charge < -0.3 is 5.32 Å². The number of rotatable bonds is 4. The van der Waals surface area contributed by atoms with Gasteiger partial charge >= 0.3 is 0 Å². The minimum atomic E-state index is -0.322. The lowest BCUT2D eigenvalue weighted by Crippen LogP contribution is -2.31. The number of carbonyl (C=O) groups is 1. The molecule has 0 unspecified atom stereocenters. The van der Waals surface area contributed by atoms with Crippen molar-refractivity contribution in [2.45, 2.75) is 13.0 Å². The van der Waals surface area contributed by atoms with E-state index in [2.05, 4.69) is 10.4 Å². The first-order valence-electron chi connectivity index (χ1n) is 9.08. The predicted molar refractivity (Wildman–Crippen MR) is 110 cm³/mol. The smallest absolute Gasteiger partial charge is 0.279 e. The van der Waals surface area contributed by atoms with Gasteiger partial charge in [-0.1, -0.05) is 66.7 Å². The fourth-order valence-corrected chi connectivity index (χ4v) is 3.19. The van der Waals surface area contributed by atoms with Crippen molar-refractivity contribution in [2.75, 3.05) is 0 Å². The minimum Gasteiger partial charge on any atom is -0.344 e. The van der Waals surface area contributed by atoms with Crippen LogP contribution in [0.5, 0.6) is 0 Å². The van der Waals surface area contributed by atoms with Crippen LogP contribution in [-0.4, -0.2) is 15.7 Å². The lowest BCUT2D eigenvalue weighted by molar-refractivity contribution is 0.0935. The highest BCUT2D eigenvalue weighted by molar-refractivity contribution is 6.05. The Kier molecular flexibility index (Phi) is 4.72. The molecule has 138 valence electrons. The van der Waals surface area contributed by atoms with Gasteiger partial charge in [0.25, 0.3) is 11.5 Å². The summed E-state index contributed by atoms with van der Waals surface area (Å²) in [6.07, 6.45) is 0. The second-order valence-corrected chi connectivity index (χ2v) is 6.55. The molecule has 1 atom stereocenters. The second kappa shape index (κ2) is 7.48. The van der Waals surface area contributed by atoms with E-state index in [4.69, 9.17) is 0 Å². The zero-order chi connectivity index (χ0) is 19.5. The van der Waals surface area contributed by atoms with Crippen LogP contribution in [0.25, 0.3) is 16.5 Å². The monoisotopic (exact) mass is 369 g/mol. The third-order valence-corrected chi connectivity index (χ3v) is 4.67. The van der Waals surface area contributed by atoms with Gasteiger partial charge in [-0.2, -0.15) is 9.78 Å². The third kappa shape index (κ3) is 3.30. The quantitative estimate of drug-likeness (QED) is 0.594. The molecule has 0 radical (unpaired) electrons. The van der Waals surface area contributed by atoms with E-state index in [-0.39, 0.29) is 23.2 Å². The van der Waals surface area contributed by atoms with E-state index in [1.165, 1.54) is 4.68 Å². The Morgan fingerprint density at radius 1 is 0.857 bits per heavy atom. The fourth-order valence-electron chi connectivity index (χ4n) is 3.19. The number of benzene rings is 3.